The molecule has 0 aromatic heterocycles. The molecule has 3 N–H and O–H groups in total. The summed E-state index contributed by atoms with van der Waals surface area (Å²) < 4.78 is 0. The SMILES string of the molecule is N=NC1=C(O)CNC1=O. The molecule has 0 saturated carbocycles. The van der Waals surface area contributed by atoms with E-state index < -0.39 is 5.91 Å². The minimum Gasteiger partial charge on any atom is -0.508 e. The molecule has 5 nitrogen and oxygen atoms in total. The standard InChI is InChI=1S/C4H5N3O2/c5-7-3-2(8)1-6-4(3)9/h5,8H,1H2,(H,6,9). The van der Waals surface area contributed by atoms with Gasteiger partial charge >= 0.3 is 0 Å². The summed E-state index contributed by atoms with van der Waals surface area (Å²) in [4.78, 5) is 10.5. The maximum Gasteiger partial charge on any atom is 0.275 e. The fourth-order valence-electron chi connectivity index (χ4n) is 0.578. The molecule has 0 spiro atoms. The predicted octanol–water partition coefficient (Wildman–Crippen LogP) is -0.0832. The Kier molecular flexibility index (Phi) is 1.18. The lowest BCUT2D eigenvalue weighted by Gasteiger charge is -1.84. The topological polar surface area (TPSA) is 85.5 Å². The first-order chi connectivity index (χ1) is 4.25. The number of amides is 1. The third-order valence-electron chi connectivity index (χ3n) is 1.02. The molecule has 1 aliphatic heterocycles. The molecule has 0 aromatic carbocycles. The van der Waals surface area contributed by atoms with Crippen LogP contribution in [0.5, 0.6) is 0 Å². The molecule has 0 unspecified atom stereocenters. The molecule has 0 bridgehead atoms. The molecule has 1 aliphatic rings. The van der Waals surface area contributed by atoms with Crippen molar-refractivity contribution in [3.05, 3.63) is 11.5 Å². The Labute approximate surface area is 50.9 Å². The summed E-state index contributed by atoms with van der Waals surface area (Å²) in [7, 11) is 0. The summed E-state index contributed by atoms with van der Waals surface area (Å²) in [6.07, 6.45) is 0. The molecule has 1 rings (SSSR count). The minimum absolute atomic E-state index is 0.0938. The zero-order chi connectivity index (χ0) is 6.85. The van der Waals surface area contributed by atoms with Crippen molar-refractivity contribution in [2.45, 2.75) is 0 Å². The van der Waals surface area contributed by atoms with E-state index in [0.29, 0.717) is 0 Å². The molecular weight excluding hydrogens is 122 g/mol. The first-order valence-electron chi connectivity index (χ1n) is 2.33. The molecule has 1 amide bonds. The zero-order valence-corrected chi connectivity index (χ0v) is 4.51. The van der Waals surface area contributed by atoms with E-state index in [9.17, 15) is 4.79 Å². The van der Waals surface area contributed by atoms with Crippen molar-refractivity contribution in [2.75, 3.05) is 6.54 Å². The second-order valence-electron chi connectivity index (χ2n) is 1.59. The van der Waals surface area contributed by atoms with Gasteiger partial charge in [0.05, 0.1) is 6.54 Å². The van der Waals surface area contributed by atoms with Gasteiger partial charge in [0, 0.05) is 0 Å². The smallest absolute Gasteiger partial charge is 0.275 e. The molecule has 0 fully saturated rings. The van der Waals surface area contributed by atoms with Crippen molar-refractivity contribution >= 4 is 5.91 Å². The van der Waals surface area contributed by atoms with Crippen molar-refractivity contribution in [1.29, 1.82) is 5.53 Å². The van der Waals surface area contributed by atoms with Crippen molar-refractivity contribution in [3.8, 4) is 0 Å². The number of hydrogen-bond donors (Lipinski definition) is 3. The van der Waals surface area contributed by atoms with Gasteiger partial charge in [0.25, 0.3) is 5.91 Å². The third-order valence-corrected chi connectivity index (χ3v) is 1.02. The van der Waals surface area contributed by atoms with E-state index in [1.54, 1.807) is 0 Å². The van der Waals surface area contributed by atoms with Crippen molar-refractivity contribution in [1.82, 2.24) is 5.32 Å². The van der Waals surface area contributed by atoms with E-state index in [2.05, 4.69) is 10.4 Å². The second-order valence-corrected chi connectivity index (χ2v) is 1.59. The summed E-state index contributed by atoms with van der Waals surface area (Å²) in [5.74, 6) is -0.641. The van der Waals surface area contributed by atoms with Crippen LogP contribution in [0.25, 0.3) is 0 Å². The molecule has 0 saturated heterocycles. The van der Waals surface area contributed by atoms with Crippen molar-refractivity contribution < 1.29 is 9.90 Å². The Morgan fingerprint density at radius 3 is 2.67 bits per heavy atom. The van der Waals surface area contributed by atoms with Crippen LogP contribution in [-0.4, -0.2) is 17.6 Å². The zero-order valence-electron chi connectivity index (χ0n) is 4.51. The molecule has 0 aliphatic carbocycles. The van der Waals surface area contributed by atoms with Gasteiger partial charge in [-0.1, -0.05) is 0 Å². The largest absolute Gasteiger partial charge is 0.508 e. The molecule has 9 heavy (non-hydrogen) atoms. The highest BCUT2D eigenvalue weighted by atomic mass is 16.3. The van der Waals surface area contributed by atoms with Crippen LogP contribution < -0.4 is 5.32 Å². The minimum atomic E-state index is -0.484. The number of hydrogen-bond acceptors (Lipinski definition) is 4. The van der Waals surface area contributed by atoms with Crippen LogP contribution >= 0.6 is 0 Å². The van der Waals surface area contributed by atoms with E-state index in [0.717, 1.165) is 0 Å². The van der Waals surface area contributed by atoms with Gasteiger partial charge in [-0.05, 0) is 0 Å². The lowest BCUT2D eigenvalue weighted by atomic mass is 10.4. The normalized spacial score (nSPS) is 18.0. The monoisotopic (exact) mass is 127 g/mol. The number of carbonyl (C=O) groups excluding carboxylic acids is 1. The molecule has 5 heteroatoms. The average molecular weight is 127 g/mol. The Morgan fingerprint density at radius 1 is 1.78 bits per heavy atom. The number of nitrogens with zero attached hydrogens (tertiary/aromatic N) is 1. The summed E-state index contributed by atoms with van der Waals surface area (Å²) >= 11 is 0. The van der Waals surface area contributed by atoms with Gasteiger partial charge in [0.2, 0.25) is 0 Å². The van der Waals surface area contributed by atoms with E-state index in [-0.39, 0.29) is 18.0 Å². The van der Waals surface area contributed by atoms with E-state index in [4.69, 9.17) is 10.6 Å². The van der Waals surface area contributed by atoms with E-state index in [1.165, 1.54) is 0 Å². The van der Waals surface area contributed by atoms with Gasteiger partial charge in [-0.25, -0.2) is 5.53 Å². The summed E-state index contributed by atoms with van der Waals surface area (Å²) in [5.41, 5.74) is 6.22. The van der Waals surface area contributed by atoms with Gasteiger partial charge in [-0.15, -0.1) is 5.11 Å². The number of aliphatic hydroxyl groups excluding tert-OH is 1. The average Bonchev–Trinajstić information content (AvgIpc) is 2.12. The summed E-state index contributed by atoms with van der Waals surface area (Å²) in [6, 6.07) is 0. The number of rotatable bonds is 1. The fourth-order valence-corrected chi connectivity index (χ4v) is 0.578. The summed E-state index contributed by atoms with van der Waals surface area (Å²) in [6.45, 7) is 0.0938. The molecule has 0 radical (unpaired) electrons. The van der Waals surface area contributed by atoms with E-state index in [1.807, 2.05) is 0 Å². The molecule has 1 heterocycles. The Bertz CT molecular complexity index is 196. The van der Waals surface area contributed by atoms with Crippen LogP contribution in [0.1, 0.15) is 0 Å². The van der Waals surface area contributed by atoms with Crippen molar-refractivity contribution in [3.63, 3.8) is 0 Å². The third kappa shape index (κ3) is 0.758. The molecular formula is C4H5N3O2. The fraction of sp³-hybridized carbons (Fsp3) is 0.250. The van der Waals surface area contributed by atoms with Crippen molar-refractivity contribution in [2.24, 2.45) is 5.11 Å². The van der Waals surface area contributed by atoms with Crippen LogP contribution in [0.2, 0.25) is 0 Å². The quantitative estimate of drug-likeness (QED) is 0.430. The van der Waals surface area contributed by atoms with Gasteiger partial charge in [0.1, 0.15) is 5.76 Å². The van der Waals surface area contributed by atoms with Gasteiger partial charge in [-0.3, -0.25) is 4.79 Å². The lowest BCUT2D eigenvalue weighted by molar-refractivity contribution is -0.116. The summed E-state index contributed by atoms with van der Waals surface area (Å²) in [5, 5.41) is 13.9. The van der Waals surface area contributed by atoms with Crippen LogP contribution in [0.3, 0.4) is 0 Å². The van der Waals surface area contributed by atoms with Crippen LogP contribution in [0.4, 0.5) is 0 Å². The number of aliphatic hydroxyl groups is 1. The lowest BCUT2D eigenvalue weighted by Crippen LogP contribution is -2.16. The maximum atomic E-state index is 10.5. The molecule has 0 atom stereocenters. The number of nitrogens with one attached hydrogen (secondary N) is 2. The second kappa shape index (κ2) is 1.85. The Morgan fingerprint density at radius 2 is 2.44 bits per heavy atom. The van der Waals surface area contributed by atoms with Gasteiger partial charge in [0.15, 0.2) is 5.70 Å². The van der Waals surface area contributed by atoms with E-state index >= 15 is 0 Å². The van der Waals surface area contributed by atoms with Crippen LogP contribution in [0, 0.1) is 5.53 Å². The highest BCUT2D eigenvalue weighted by Crippen LogP contribution is 2.07. The predicted molar refractivity (Wildman–Crippen MR) is 27.8 cm³/mol. The first kappa shape index (κ1) is 5.74. The highest BCUT2D eigenvalue weighted by Gasteiger charge is 2.21. The van der Waals surface area contributed by atoms with Gasteiger partial charge in [-0.2, -0.15) is 0 Å². The van der Waals surface area contributed by atoms with Crippen LogP contribution in [-0.2, 0) is 4.79 Å². The first-order valence-corrected chi connectivity index (χ1v) is 2.33. The van der Waals surface area contributed by atoms with Crippen LogP contribution in [0.15, 0.2) is 16.6 Å². The Balaban J connectivity index is 2.94. The van der Waals surface area contributed by atoms with Gasteiger partial charge < -0.3 is 10.4 Å². The maximum absolute atomic E-state index is 10.5. The molecule has 48 valence electrons. The Hall–Kier alpha value is -1.39. The number of carbonyl (C=O) groups is 1. The highest BCUT2D eigenvalue weighted by molar-refractivity contribution is 5.95. The molecule has 0 aromatic rings.